The van der Waals surface area contributed by atoms with E-state index in [-0.39, 0.29) is 11.8 Å². The maximum atomic E-state index is 12.5. The van der Waals surface area contributed by atoms with Gasteiger partial charge in [-0.25, -0.2) is 0 Å². The Hall–Kier alpha value is -1.26. The van der Waals surface area contributed by atoms with Crippen molar-refractivity contribution in [2.75, 3.05) is 6.54 Å². The molecule has 0 heterocycles. The molecule has 0 fully saturated rings. The molecule has 24 heavy (non-hydrogen) atoms. The zero-order chi connectivity index (χ0) is 18.3. The molecular formula is C18H26Cl2N2O2. The lowest BCUT2D eigenvalue weighted by molar-refractivity contribution is -0.140. The lowest BCUT2D eigenvalue weighted by Crippen LogP contribution is -2.48. The highest BCUT2D eigenvalue weighted by atomic mass is 35.5. The molecule has 0 aliphatic heterocycles. The number of halogens is 2. The largest absolute Gasteiger partial charge is 0.354 e. The second kappa shape index (κ2) is 9.90. The van der Waals surface area contributed by atoms with E-state index in [9.17, 15) is 9.59 Å². The number of rotatable bonds is 8. The van der Waals surface area contributed by atoms with Crippen LogP contribution in [0.4, 0.5) is 0 Å². The third-order valence-electron chi connectivity index (χ3n) is 3.65. The molecule has 2 amide bonds. The highest BCUT2D eigenvalue weighted by molar-refractivity contribution is 6.42. The molecule has 1 aromatic rings. The van der Waals surface area contributed by atoms with Crippen LogP contribution >= 0.6 is 23.2 Å². The Balaban J connectivity index is 2.92. The molecule has 0 aromatic heterocycles. The molecule has 1 unspecified atom stereocenters. The van der Waals surface area contributed by atoms with E-state index in [4.69, 9.17) is 23.2 Å². The third kappa shape index (κ3) is 6.33. The van der Waals surface area contributed by atoms with Gasteiger partial charge in [-0.15, -0.1) is 0 Å². The first-order valence-corrected chi connectivity index (χ1v) is 9.02. The Morgan fingerprint density at radius 3 is 2.38 bits per heavy atom. The van der Waals surface area contributed by atoms with Crippen molar-refractivity contribution in [1.29, 1.82) is 0 Å². The average molecular weight is 373 g/mol. The average Bonchev–Trinajstić information content (AvgIpc) is 2.53. The minimum Gasteiger partial charge on any atom is -0.354 e. The molecular weight excluding hydrogens is 347 g/mol. The van der Waals surface area contributed by atoms with Crippen molar-refractivity contribution >= 4 is 35.0 Å². The fraction of sp³-hybridized carbons (Fsp3) is 0.556. The summed E-state index contributed by atoms with van der Waals surface area (Å²) < 4.78 is 0. The standard InChI is InChI=1S/C18H26Cl2N2O2/c1-5-6-17(23)22(13(4)18(24)21-10-12(2)3)11-14-7-8-15(19)16(20)9-14/h7-9,12-13H,5-6,10-11H2,1-4H3,(H,21,24). The van der Waals surface area contributed by atoms with Crippen LogP contribution in [0.15, 0.2) is 18.2 Å². The van der Waals surface area contributed by atoms with Gasteiger partial charge >= 0.3 is 0 Å². The number of carbonyl (C=O) groups is 2. The molecule has 134 valence electrons. The minimum atomic E-state index is -0.544. The predicted molar refractivity (Wildman–Crippen MR) is 99.2 cm³/mol. The molecule has 0 saturated carbocycles. The summed E-state index contributed by atoms with van der Waals surface area (Å²) in [7, 11) is 0. The molecule has 0 spiro atoms. The lowest BCUT2D eigenvalue weighted by Gasteiger charge is -2.29. The topological polar surface area (TPSA) is 49.4 Å². The summed E-state index contributed by atoms with van der Waals surface area (Å²) in [6, 6.07) is 4.71. The molecule has 1 rings (SSSR count). The van der Waals surface area contributed by atoms with Crippen LogP contribution in [0.25, 0.3) is 0 Å². The Morgan fingerprint density at radius 2 is 1.83 bits per heavy atom. The van der Waals surface area contributed by atoms with E-state index >= 15 is 0 Å². The van der Waals surface area contributed by atoms with Gasteiger partial charge in [-0.2, -0.15) is 0 Å². The normalized spacial score (nSPS) is 12.1. The number of hydrogen-bond acceptors (Lipinski definition) is 2. The van der Waals surface area contributed by atoms with E-state index in [0.29, 0.717) is 35.5 Å². The van der Waals surface area contributed by atoms with E-state index in [1.807, 2.05) is 26.8 Å². The van der Waals surface area contributed by atoms with Crippen LogP contribution in [0.2, 0.25) is 10.0 Å². The Bertz CT molecular complexity index is 576. The summed E-state index contributed by atoms with van der Waals surface area (Å²) >= 11 is 12.0. The summed E-state index contributed by atoms with van der Waals surface area (Å²) in [5.41, 5.74) is 0.845. The molecule has 0 aliphatic carbocycles. The Kier molecular flexibility index (Phi) is 8.57. The first-order valence-electron chi connectivity index (χ1n) is 8.27. The predicted octanol–water partition coefficient (Wildman–Crippen LogP) is 4.28. The number of nitrogens with one attached hydrogen (secondary N) is 1. The monoisotopic (exact) mass is 372 g/mol. The van der Waals surface area contributed by atoms with Crippen LogP contribution in [0, 0.1) is 5.92 Å². The first-order chi connectivity index (χ1) is 11.3. The quantitative estimate of drug-likeness (QED) is 0.739. The molecule has 0 saturated heterocycles. The number of amides is 2. The van der Waals surface area contributed by atoms with Gasteiger partial charge in [0.2, 0.25) is 11.8 Å². The fourth-order valence-electron chi connectivity index (χ4n) is 2.23. The second-order valence-electron chi connectivity index (χ2n) is 6.34. The van der Waals surface area contributed by atoms with Gasteiger partial charge in [-0.3, -0.25) is 9.59 Å². The number of hydrogen-bond donors (Lipinski definition) is 1. The van der Waals surface area contributed by atoms with Gasteiger partial charge in [0, 0.05) is 19.5 Å². The third-order valence-corrected chi connectivity index (χ3v) is 4.39. The molecule has 1 N–H and O–H groups in total. The number of nitrogens with zero attached hydrogens (tertiary/aromatic N) is 1. The van der Waals surface area contributed by atoms with Crippen molar-refractivity contribution in [3.8, 4) is 0 Å². The van der Waals surface area contributed by atoms with Crippen LogP contribution in [-0.2, 0) is 16.1 Å². The van der Waals surface area contributed by atoms with Crippen LogP contribution in [-0.4, -0.2) is 29.3 Å². The summed E-state index contributed by atoms with van der Waals surface area (Å²) in [6.07, 6.45) is 1.14. The minimum absolute atomic E-state index is 0.0456. The zero-order valence-corrected chi connectivity index (χ0v) is 16.2. The number of carbonyl (C=O) groups excluding carboxylic acids is 2. The van der Waals surface area contributed by atoms with Gasteiger partial charge in [0.1, 0.15) is 6.04 Å². The van der Waals surface area contributed by atoms with Gasteiger partial charge in [0.15, 0.2) is 0 Å². The smallest absolute Gasteiger partial charge is 0.242 e. The van der Waals surface area contributed by atoms with E-state index in [1.54, 1.807) is 24.0 Å². The summed E-state index contributed by atoms with van der Waals surface area (Å²) in [6.45, 7) is 8.67. The van der Waals surface area contributed by atoms with Crippen molar-refractivity contribution in [3.63, 3.8) is 0 Å². The second-order valence-corrected chi connectivity index (χ2v) is 7.15. The van der Waals surface area contributed by atoms with E-state index in [2.05, 4.69) is 5.32 Å². The maximum absolute atomic E-state index is 12.5. The Labute approximate surface area is 154 Å². The molecule has 6 heteroatoms. The molecule has 1 atom stereocenters. The molecule has 0 radical (unpaired) electrons. The van der Waals surface area contributed by atoms with Crippen LogP contribution < -0.4 is 5.32 Å². The molecule has 1 aromatic carbocycles. The summed E-state index contributed by atoms with van der Waals surface area (Å²) in [5, 5.41) is 3.79. The first kappa shape index (κ1) is 20.8. The summed E-state index contributed by atoms with van der Waals surface area (Å²) in [5.74, 6) is 0.167. The van der Waals surface area contributed by atoms with Crippen LogP contribution in [0.1, 0.15) is 46.1 Å². The SMILES string of the molecule is CCCC(=O)N(Cc1ccc(Cl)c(Cl)c1)C(C)C(=O)NCC(C)C. The van der Waals surface area contributed by atoms with Crippen molar-refractivity contribution in [1.82, 2.24) is 10.2 Å². The van der Waals surface area contributed by atoms with E-state index < -0.39 is 6.04 Å². The van der Waals surface area contributed by atoms with E-state index in [1.165, 1.54) is 0 Å². The van der Waals surface area contributed by atoms with E-state index in [0.717, 1.165) is 12.0 Å². The lowest BCUT2D eigenvalue weighted by atomic mass is 10.1. The van der Waals surface area contributed by atoms with Gasteiger partial charge < -0.3 is 10.2 Å². The van der Waals surface area contributed by atoms with Crippen molar-refractivity contribution in [3.05, 3.63) is 33.8 Å². The van der Waals surface area contributed by atoms with Crippen molar-refractivity contribution < 1.29 is 9.59 Å². The van der Waals surface area contributed by atoms with Gasteiger partial charge in [0.05, 0.1) is 10.0 Å². The van der Waals surface area contributed by atoms with Gasteiger partial charge in [-0.1, -0.05) is 50.0 Å². The zero-order valence-electron chi connectivity index (χ0n) is 14.7. The van der Waals surface area contributed by atoms with Gasteiger partial charge in [0.25, 0.3) is 0 Å². The molecule has 4 nitrogen and oxygen atoms in total. The van der Waals surface area contributed by atoms with Gasteiger partial charge in [-0.05, 0) is 37.0 Å². The molecule has 0 bridgehead atoms. The van der Waals surface area contributed by atoms with Crippen LogP contribution in [0.3, 0.4) is 0 Å². The Morgan fingerprint density at radius 1 is 1.17 bits per heavy atom. The maximum Gasteiger partial charge on any atom is 0.242 e. The van der Waals surface area contributed by atoms with Crippen molar-refractivity contribution in [2.24, 2.45) is 5.92 Å². The fourth-order valence-corrected chi connectivity index (χ4v) is 2.55. The van der Waals surface area contributed by atoms with Crippen LogP contribution in [0.5, 0.6) is 0 Å². The highest BCUT2D eigenvalue weighted by Crippen LogP contribution is 2.24. The summed E-state index contributed by atoms with van der Waals surface area (Å²) in [4.78, 5) is 26.4. The number of benzene rings is 1. The highest BCUT2D eigenvalue weighted by Gasteiger charge is 2.25. The molecule has 0 aliphatic rings. The van der Waals surface area contributed by atoms with Crippen molar-refractivity contribution in [2.45, 2.75) is 53.1 Å².